The Morgan fingerprint density at radius 2 is 1.17 bits per heavy atom. The number of phenols is 2. The molecule has 128 valence electrons. The Bertz CT molecular complexity index is 611. The first-order valence-corrected chi connectivity index (χ1v) is 7.90. The lowest BCUT2D eigenvalue weighted by Gasteiger charge is -2.16. The Labute approximate surface area is 141 Å². The summed E-state index contributed by atoms with van der Waals surface area (Å²) >= 11 is 0. The van der Waals surface area contributed by atoms with Crippen LogP contribution in [0.3, 0.4) is 0 Å². The maximum atomic E-state index is 9.11. The molecule has 2 aliphatic rings. The second-order valence-corrected chi connectivity index (χ2v) is 5.49. The molecule has 2 heterocycles. The van der Waals surface area contributed by atoms with Crippen molar-refractivity contribution >= 4 is 6.79 Å². The van der Waals surface area contributed by atoms with Gasteiger partial charge in [0.15, 0.2) is 0 Å². The van der Waals surface area contributed by atoms with E-state index >= 15 is 0 Å². The van der Waals surface area contributed by atoms with E-state index in [9.17, 15) is 0 Å². The zero-order chi connectivity index (χ0) is 17.4. The van der Waals surface area contributed by atoms with Crippen LogP contribution in [0.4, 0.5) is 0 Å². The van der Waals surface area contributed by atoms with Crippen molar-refractivity contribution in [2.45, 2.75) is 25.7 Å². The Morgan fingerprint density at radius 3 is 1.58 bits per heavy atom. The molecule has 0 aliphatic carbocycles. The summed E-state index contributed by atoms with van der Waals surface area (Å²) in [6.07, 6.45) is 4.29. The first-order valence-electron chi connectivity index (χ1n) is 7.90. The zero-order valence-corrected chi connectivity index (χ0v) is 13.5. The molecule has 5 nitrogen and oxygen atoms in total. The maximum Gasteiger partial charge on any atom is 0.126 e. The Kier molecular flexibility index (Phi) is 6.49. The van der Waals surface area contributed by atoms with E-state index in [1.54, 1.807) is 24.3 Å². The number of aromatic hydroxyl groups is 2. The summed E-state index contributed by atoms with van der Waals surface area (Å²) in [4.78, 5) is 8.00. The summed E-state index contributed by atoms with van der Waals surface area (Å²) in [6, 6.07) is 10.6. The molecule has 2 N–H and O–H groups in total. The molecule has 0 saturated heterocycles. The van der Waals surface area contributed by atoms with Gasteiger partial charge in [-0.2, -0.15) is 0 Å². The van der Waals surface area contributed by atoms with Crippen LogP contribution >= 0.6 is 0 Å². The van der Waals surface area contributed by atoms with Gasteiger partial charge in [-0.3, -0.25) is 0 Å². The average Bonchev–Trinajstić information content (AvgIpc) is 2.64. The van der Waals surface area contributed by atoms with Crippen molar-refractivity contribution in [3.8, 4) is 23.0 Å². The summed E-state index contributed by atoms with van der Waals surface area (Å²) < 4.78 is 10.7. The third-order valence-corrected chi connectivity index (χ3v) is 3.80. The Balaban J connectivity index is 0.000000158. The van der Waals surface area contributed by atoms with E-state index in [1.807, 2.05) is 18.9 Å². The van der Waals surface area contributed by atoms with E-state index in [4.69, 9.17) is 24.5 Å². The quantitative estimate of drug-likeness (QED) is 0.775. The smallest absolute Gasteiger partial charge is 0.126 e. The van der Waals surface area contributed by atoms with Crippen molar-refractivity contribution in [3.05, 3.63) is 47.5 Å². The molecule has 0 amide bonds. The van der Waals surface area contributed by atoms with Gasteiger partial charge in [-0.25, -0.2) is 0 Å². The first-order chi connectivity index (χ1) is 11.7. The van der Waals surface area contributed by atoms with E-state index in [0.717, 1.165) is 50.4 Å². The average molecular weight is 330 g/mol. The molecular weight excluding hydrogens is 308 g/mol. The lowest BCUT2D eigenvalue weighted by atomic mass is 10.1. The second kappa shape index (κ2) is 8.82. The van der Waals surface area contributed by atoms with Gasteiger partial charge in [0.25, 0.3) is 0 Å². The molecule has 5 heteroatoms. The maximum absolute atomic E-state index is 9.11. The zero-order valence-electron chi connectivity index (χ0n) is 13.5. The monoisotopic (exact) mass is 330 g/mol. The Hall–Kier alpha value is -2.69. The van der Waals surface area contributed by atoms with Crippen molar-refractivity contribution in [3.63, 3.8) is 0 Å². The van der Waals surface area contributed by atoms with Crippen molar-refractivity contribution in [2.24, 2.45) is 0 Å². The topological polar surface area (TPSA) is 76.0 Å². The van der Waals surface area contributed by atoms with E-state index in [0.29, 0.717) is 0 Å². The molecule has 0 unspecified atom stereocenters. The summed E-state index contributed by atoms with van der Waals surface area (Å²) in [7, 11) is 0. The van der Waals surface area contributed by atoms with Crippen LogP contribution in [0, 0.1) is 0 Å². The Morgan fingerprint density at radius 1 is 0.750 bits per heavy atom. The molecule has 0 saturated carbocycles. The number of hydrogen-bond donors (Lipinski definition) is 2. The predicted octanol–water partition coefficient (Wildman–Crippen LogP) is 3.25. The fourth-order valence-corrected chi connectivity index (χ4v) is 2.66. The number of rotatable bonds is 0. The number of hydrogen-bond acceptors (Lipinski definition) is 5. The lowest BCUT2D eigenvalue weighted by molar-refractivity contribution is -0.0979. The minimum absolute atomic E-state index is 0.283. The number of ether oxygens (including phenoxy) is 2. The van der Waals surface area contributed by atoms with Gasteiger partial charge in [-0.1, -0.05) is 12.1 Å². The molecular formula is C19H22O5. The molecule has 0 fully saturated rings. The predicted molar refractivity (Wildman–Crippen MR) is 91.0 cm³/mol. The summed E-state index contributed by atoms with van der Waals surface area (Å²) in [6.45, 7) is 3.55. The van der Waals surface area contributed by atoms with Crippen molar-refractivity contribution in [1.82, 2.24) is 0 Å². The number of benzene rings is 2. The van der Waals surface area contributed by atoms with Gasteiger partial charge in [-0.15, -0.1) is 0 Å². The van der Waals surface area contributed by atoms with Gasteiger partial charge >= 0.3 is 0 Å². The molecule has 24 heavy (non-hydrogen) atoms. The van der Waals surface area contributed by atoms with Crippen LogP contribution in [0.2, 0.25) is 0 Å². The molecule has 4 rings (SSSR count). The fraction of sp³-hybridized carbons (Fsp3) is 0.316. The molecule has 2 aromatic rings. The van der Waals surface area contributed by atoms with Gasteiger partial charge < -0.3 is 24.5 Å². The summed E-state index contributed by atoms with van der Waals surface area (Å²) in [5, 5.41) is 18.2. The van der Waals surface area contributed by atoms with E-state index in [1.165, 1.54) is 11.1 Å². The molecule has 0 spiro atoms. The van der Waals surface area contributed by atoms with Crippen LogP contribution in [0.5, 0.6) is 23.0 Å². The summed E-state index contributed by atoms with van der Waals surface area (Å²) in [5.74, 6) is 2.25. The highest BCUT2D eigenvalue weighted by Gasteiger charge is 2.10. The lowest BCUT2D eigenvalue weighted by Crippen LogP contribution is -2.07. The summed E-state index contributed by atoms with van der Waals surface area (Å²) in [5.41, 5.74) is 2.41. The van der Waals surface area contributed by atoms with Crippen LogP contribution in [0.1, 0.15) is 24.0 Å². The fourth-order valence-electron chi connectivity index (χ4n) is 2.66. The highest BCUT2D eigenvalue weighted by molar-refractivity contribution is 5.41. The largest absolute Gasteiger partial charge is 0.508 e. The second-order valence-electron chi connectivity index (χ2n) is 5.49. The van der Waals surface area contributed by atoms with Gasteiger partial charge in [0.05, 0.1) is 13.2 Å². The number of carbonyl (C=O) groups is 1. The van der Waals surface area contributed by atoms with Gasteiger partial charge in [0.2, 0.25) is 0 Å². The minimum Gasteiger partial charge on any atom is -0.508 e. The van der Waals surface area contributed by atoms with Crippen LogP contribution < -0.4 is 9.47 Å². The van der Waals surface area contributed by atoms with Gasteiger partial charge in [-0.05, 0) is 48.9 Å². The van der Waals surface area contributed by atoms with Crippen LogP contribution in [-0.4, -0.2) is 30.2 Å². The van der Waals surface area contributed by atoms with Crippen LogP contribution in [0.25, 0.3) is 0 Å². The molecule has 2 aliphatic heterocycles. The highest BCUT2D eigenvalue weighted by atomic mass is 16.5. The third kappa shape index (κ3) is 4.65. The number of carbonyl (C=O) groups excluding carboxylic acids is 1. The highest BCUT2D eigenvalue weighted by Crippen LogP contribution is 2.28. The SMILES string of the molecule is C=O.Oc1ccc2c(c1)OCCC2.Oc1ccc2c(c1)OCCC2. The van der Waals surface area contributed by atoms with E-state index in [-0.39, 0.29) is 11.5 Å². The third-order valence-electron chi connectivity index (χ3n) is 3.80. The van der Waals surface area contributed by atoms with Gasteiger partial charge in [0, 0.05) is 12.1 Å². The number of phenolic OH excluding ortho intramolecular Hbond substituents is 2. The molecule has 0 radical (unpaired) electrons. The molecule has 0 atom stereocenters. The van der Waals surface area contributed by atoms with Crippen LogP contribution in [0.15, 0.2) is 36.4 Å². The van der Waals surface area contributed by atoms with Crippen molar-refractivity contribution < 1.29 is 24.5 Å². The van der Waals surface area contributed by atoms with E-state index in [2.05, 4.69) is 0 Å². The standard InChI is InChI=1S/2C9H10O2.CH2O/c2*10-8-4-3-7-2-1-5-11-9(7)6-8;1-2/h2*3-4,6,10H,1-2,5H2;1H2. The van der Waals surface area contributed by atoms with E-state index < -0.39 is 0 Å². The molecule has 2 aromatic carbocycles. The number of fused-ring (bicyclic) bond motifs is 2. The normalized spacial score (nSPS) is 14.2. The molecule has 0 bridgehead atoms. The number of aryl methyl sites for hydroxylation is 2. The molecule has 0 aromatic heterocycles. The van der Waals surface area contributed by atoms with Crippen LogP contribution in [-0.2, 0) is 17.6 Å². The minimum atomic E-state index is 0.283. The van der Waals surface area contributed by atoms with Crippen molar-refractivity contribution in [1.29, 1.82) is 0 Å². The van der Waals surface area contributed by atoms with Gasteiger partial charge in [0.1, 0.15) is 29.8 Å². The first kappa shape index (κ1) is 17.7. The van der Waals surface area contributed by atoms with Crippen molar-refractivity contribution in [2.75, 3.05) is 13.2 Å².